The third-order valence-electron chi connectivity index (χ3n) is 3.20. The lowest BCUT2D eigenvalue weighted by Crippen LogP contribution is -2.29. The van der Waals surface area contributed by atoms with Crippen molar-refractivity contribution in [2.45, 2.75) is 20.3 Å². The van der Waals surface area contributed by atoms with Crippen LogP contribution in [0.15, 0.2) is 24.3 Å². The quantitative estimate of drug-likeness (QED) is 0.551. The molecule has 136 valence electrons. The molecule has 0 unspecified atom stereocenters. The summed E-state index contributed by atoms with van der Waals surface area (Å²) in [5, 5.41) is 2.85. The number of benzene rings is 1. The van der Waals surface area contributed by atoms with Gasteiger partial charge < -0.3 is 19.5 Å². The van der Waals surface area contributed by atoms with Crippen molar-refractivity contribution in [3.63, 3.8) is 0 Å². The molecule has 0 aliphatic rings. The lowest BCUT2D eigenvalue weighted by molar-refractivity contribution is -0.118. The van der Waals surface area contributed by atoms with Gasteiger partial charge in [-0.3, -0.25) is 4.79 Å². The van der Waals surface area contributed by atoms with Gasteiger partial charge in [-0.25, -0.2) is 0 Å². The van der Waals surface area contributed by atoms with Gasteiger partial charge in [0.2, 0.25) is 5.91 Å². The van der Waals surface area contributed by atoms with Gasteiger partial charge >= 0.3 is 0 Å². The molecule has 0 spiro atoms. The number of methoxy groups -OCH3 is 1. The van der Waals surface area contributed by atoms with E-state index in [1.54, 1.807) is 18.9 Å². The summed E-state index contributed by atoms with van der Waals surface area (Å²) >= 11 is 1.56. The Labute approximate surface area is 149 Å². The number of nitrogens with one attached hydrogen (secondary N) is 1. The Morgan fingerprint density at radius 2 is 1.83 bits per heavy atom. The highest BCUT2D eigenvalue weighted by molar-refractivity contribution is 7.99. The largest absolute Gasteiger partial charge is 0.497 e. The minimum absolute atomic E-state index is 0.0388. The van der Waals surface area contributed by atoms with E-state index in [9.17, 15) is 4.79 Å². The van der Waals surface area contributed by atoms with Crippen LogP contribution in [-0.4, -0.2) is 50.9 Å². The summed E-state index contributed by atoms with van der Waals surface area (Å²) in [7, 11) is 1.63. The van der Waals surface area contributed by atoms with Crippen molar-refractivity contribution in [1.29, 1.82) is 0 Å². The van der Waals surface area contributed by atoms with Crippen LogP contribution in [0.1, 0.15) is 20.3 Å². The molecular weight excluding hydrogens is 326 g/mol. The number of ether oxygens (including phenoxy) is 3. The number of carbonyl (C=O) groups excluding carboxylic acids is 1. The normalized spacial score (nSPS) is 10.7. The van der Waals surface area contributed by atoms with Gasteiger partial charge in [0, 0.05) is 18.9 Å². The van der Waals surface area contributed by atoms with Gasteiger partial charge in [0.1, 0.15) is 11.5 Å². The SMILES string of the molecule is COc1ccc(OCCSCC(=O)NCCOCCC(C)C)cc1. The van der Waals surface area contributed by atoms with E-state index in [2.05, 4.69) is 19.2 Å². The van der Waals surface area contributed by atoms with Crippen molar-refractivity contribution in [1.82, 2.24) is 5.32 Å². The number of hydrogen-bond acceptors (Lipinski definition) is 5. The standard InChI is InChI=1S/C18H29NO4S/c1-15(2)8-10-22-11-9-19-18(20)14-24-13-12-23-17-6-4-16(21-3)5-7-17/h4-7,15H,8-14H2,1-3H3,(H,19,20). The molecule has 0 saturated carbocycles. The summed E-state index contributed by atoms with van der Waals surface area (Å²) in [6.07, 6.45) is 1.05. The highest BCUT2D eigenvalue weighted by Crippen LogP contribution is 2.17. The molecule has 5 nitrogen and oxygen atoms in total. The molecule has 0 aromatic heterocycles. The molecule has 1 amide bonds. The van der Waals surface area contributed by atoms with E-state index in [0.717, 1.165) is 30.3 Å². The highest BCUT2D eigenvalue weighted by Gasteiger charge is 2.02. The van der Waals surface area contributed by atoms with Crippen molar-refractivity contribution in [2.75, 3.05) is 45.0 Å². The molecule has 0 bridgehead atoms. The van der Waals surface area contributed by atoms with Crippen molar-refractivity contribution in [2.24, 2.45) is 5.92 Å². The predicted molar refractivity (Wildman–Crippen MR) is 99.1 cm³/mol. The van der Waals surface area contributed by atoms with Crippen LogP contribution in [0.25, 0.3) is 0 Å². The molecule has 0 radical (unpaired) electrons. The van der Waals surface area contributed by atoms with Crippen LogP contribution in [-0.2, 0) is 9.53 Å². The van der Waals surface area contributed by atoms with Crippen LogP contribution in [0.3, 0.4) is 0 Å². The maximum absolute atomic E-state index is 11.6. The molecule has 0 aliphatic heterocycles. The Bertz CT molecular complexity index is 451. The highest BCUT2D eigenvalue weighted by atomic mass is 32.2. The topological polar surface area (TPSA) is 56.8 Å². The summed E-state index contributed by atoms with van der Waals surface area (Å²) in [5.74, 6) is 3.51. The smallest absolute Gasteiger partial charge is 0.230 e. The van der Waals surface area contributed by atoms with Gasteiger partial charge in [-0.15, -0.1) is 11.8 Å². The monoisotopic (exact) mass is 355 g/mol. The van der Waals surface area contributed by atoms with E-state index >= 15 is 0 Å². The van der Waals surface area contributed by atoms with Crippen LogP contribution in [0, 0.1) is 5.92 Å². The third-order valence-corrected chi connectivity index (χ3v) is 4.12. The zero-order chi connectivity index (χ0) is 17.6. The number of carbonyl (C=O) groups is 1. The van der Waals surface area contributed by atoms with Crippen LogP contribution < -0.4 is 14.8 Å². The Balaban J connectivity index is 1.95. The Morgan fingerprint density at radius 1 is 1.12 bits per heavy atom. The molecule has 0 atom stereocenters. The first-order valence-corrected chi connectivity index (χ1v) is 9.46. The van der Waals surface area contributed by atoms with Crippen LogP contribution in [0.4, 0.5) is 0 Å². The average Bonchev–Trinajstić information content (AvgIpc) is 2.58. The summed E-state index contributed by atoms with van der Waals surface area (Å²) < 4.78 is 16.1. The van der Waals surface area contributed by atoms with Crippen molar-refractivity contribution in [3.05, 3.63) is 24.3 Å². The molecule has 24 heavy (non-hydrogen) atoms. The van der Waals surface area contributed by atoms with E-state index in [1.807, 2.05) is 24.3 Å². The van der Waals surface area contributed by atoms with E-state index in [0.29, 0.717) is 31.4 Å². The average molecular weight is 356 g/mol. The van der Waals surface area contributed by atoms with E-state index in [-0.39, 0.29) is 5.91 Å². The lowest BCUT2D eigenvalue weighted by Gasteiger charge is -2.08. The second kappa shape index (κ2) is 13.0. The molecule has 1 rings (SSSR count). The zero-order valence-electron chi connectivity index (χ0n) is 14.9. The summed E-state index contributed by atoms with van der Waals surface area (Å²) in [4.78, 5) is 11.6. The third kappa shape index (κ3) is 10.4. The first-order valence-electron chi connectivity index (χ1n) is 8.31. The van der Waals surface area contributed by atoms with Gasteiger partial charge in [0.25, 0.3) is 0 Å². The fraction of sp³-hybridized carbons (Fsp3) is 0.611. The molecule has 1 aromatic rings. The molecule has 1 N–H and O–H groups in total. The predicted octanol–water partition coefficient (Wildman–Crippen LogP) is 2.99. The molecule has 0 heterocycles. The summed E-state index contributed by atoms with van der Waals surface area (Å²) in [6.45, 7) is 6.80. The van der Waals surface area contributed by atoms with E-state index in [4.69, 9.17) is 14.2 Å². The van der Waals surface area contributed by atoms with Crippen LogP contribution in [0.5, 0.6) is 11.5 Å². The molecule has 6 heteroatoms. The summed E-state index contributed by atoms with van der Waals surface area (Å²) in [5.41, 5.74) is 0. The first kappa shape index (κ1) is 20.6. The van der Waals surface area contributed by atoms with Gasteiger partial charge in [0.05, 0.1) is 26.1 Å². The maximum atomic E-state index is 11.6. The van der Waals surface area contributed by atoms with Crippen molar-refractivity contribution in [3.8, 4) is 11.5 Å². The number of thioether (sulfide) groups is 1. The minimum Gasteiger partial charge on any atom is -0.497 e. The van der Waals surface area contributed by atoms with Gasteiger partial charge in [-0.2, -0.15) is 0 Å². The van der Waals surface area contributed by atoms with Crippen LogP contribution >= 0.6 is 11.8 Å². The minimum atomic E-state index is 0.0388. The van der Waals surface area contributed by atoms with Crippen LogP contribution in [0.2, 0.25) is 0 Å². The van der Waals surface area contributed by atoms with E-state index < -0.39 is 0 Å². The Morgan fingerprint density at radius 3 is 2.50 bits per heavy atom. The zero-order valence-corrected chi connectivity index (χ0v) is 15.7. The maximum Gasteiger partial charge on any atom is 0.230 e. The lowest BCUT2D eigenvalue weighted by atomic mass is 10.1. The molecule has 0 fully saturated rings. The van der Waals surface area contributed by atoms with Gasteiger partial charge in [-0.1, -0.05) is 13.8 Å². The molecular formula is C18H29NO4S. The van der Waals surface area contributed by atoms with E-state index in [1.165, 1.54) is 0 Å². The number of hydrogen-bond donors (Lipinski definition) is 1. The number of rotatable bonds is 13. The second-order valence-electron chi connectivity index (χ2n) is 5.72. The Kier molecular flexibility index (Phi) is 11.1. The molecule has 0 aliphatic carbocycles. The van der Waals surface area contributed by atoms with Gasteiger partial charge in [-0.05, 0) is 36.6 Å². The Hall–Kier alpha value is -1.40. The first-order chi connectivity index (χ1) is 11.6. The number of amides is 1. The molecule has 1 aromatic carbocycles. The molecule has 0 saturated heterocycles. The fourth-order valence-corrected chi connectivity index (χ4v) is 2.42. The second-order valence-corrected chi connectivity index (χ2v) is 6.83. The fourth-order valence-electron chi connectivity index (χ4n) is 1.79. The van der Waals surface area contributed by atoms with Crippen molar-refractivity contribution >= 4 is 17.7 Å². The summed E-state index contributed by atoms with van der Waals surface area (Å²) in [6, 6.07) is 7.46. The van der Waals surface area contributed by atoms with Crippen molar-refractivity contribution < 1.29 is 19.0 Å². The van der Waals surface area contributed by atoms with Gasteiger partial charge in [0.15, 0.2) is 0 Å².